The van der Waals surface area contributed by atoms with Crippen LogP contribution < -0.4 is 15.9 Å². The quantitative estimate of drug-likeness (QED) is 0.759. The monoisotopic (exact) mass is 196 g/mol. The van der Waals surface area contributed by atoms with Crippen LogP contribution in [-0.4, -0.2) is 12.1 Å². The summed E-state index contributed by atoms with van der Waals surface area (Å²) in [6, 6.07) is 1.34. The fraction of sp³-hybridized carbons (Fsp3) is 0.500. The minimum atomic E-state index is -0.145. The van der Waals surface area contributed by atoms with Crippen molar-refractivity contribution in [3.8, 4) is 5.75 Å². The Kier molecular flexibility index (Phi) is 3.30. The van der Waals surface area contributed by atoms with Crippen LogP contribution in [0.15, 0.2) is 17.1 Å². The lowest BCUT2D eigenvalue weighted by Gasteiger charge is -2.15. The van der Waals surface area contributed by atoms with Crippen LogP contribution in [0.25, 0.3) is 0 Å². The van der Waals surface area contributed by atoms with Gasteiger partial charge in [0.2, 0.25) is 5.43 Å². The number of aromatic amines is 1. The molecule has 1 aromatic heterocycles. The number of ether oxygens (including phenoxy) is 1. The maximum absolute atomic E-state index is 11.4. The van der Waals surface area contributed by atoms with E-state index in [1.54, 1.807) is 6.20 Å². The highest BCUT2D eigenvalue weighted by molar-refractivity contribution is 5.21. The Morgan fingerprint density at radius 3 is 2.57 bits per heavy atom. The first-order chi connectivity index (χ1) is 6.56. The average molecular weight is 196 g/mol. The molecule has 0 fully saturated rings. The van der Waals surface area contributed by atoms with E-state index in [2.05, 4.69) is 4.98 Å². The first-order valence-electron chi connectivity index (χ1n) is 4.58. The summed E-state index contributed by atoms with van der Waals surface area (Å²) in [4.78, 5) is 14.4. The molecule has 1 atom stereocenters. The summed E-state index contributed by atoms with van der Waals surface area (Å²) in [6.45, 7) is 4.01. The van der Waals surface area contributed by atoms with E-state index in [1.165, 1.54) is 13.2 Å². The highest BCUT2D eigenvalue weighted by Gasteiger charge is 2.12. The Morgan fingerprint density at radius 1 is 1.50 bits per heavy atom. The van der Waals surface area contributed by atoms with E-state index in [-0.39, 0.29) is 11.5 Å². The fourth-order valence-corrected chi connectivity index (χ4v) is 1.19. The molecule has 0 unspecified atom stereocenters. The molecule has 0 amide bonds. The Bertz CT molecular complexity index is 357. The van der Waals surface area contributed by atoms with Gasteiger partial charge in [-0.25, -0.2) is 0 Å². The predicted molar refractivity (Wildman–Crippen MR) is 55.4 cm³/mol. The Labute approximate surface area is 83.1 Å². The maximum Gasteiger partial charge on any atom is 0.223 e. The molecule has 0 aliphatic carbocycles. The minimum absolute atomic E-state index is 0.141. The van der Waals surface area contributed by atoms with Crippen LogP contribution in [0.1, 0.15) is 25.6 Å². The van der Waals surface area contributed by atoms with Gasteiger partial charge < -0.3 is 15.5 Å². The third-order valence-electron chi connectivity index (χ3n) is 2.20. The number of rotatable bonds is 3. The number of methoxy groups -OCH3 is 1. The molecule has 0 aromatic carbocycles. The molecule has 0 aliphatic heterocycles. The van der Waals surface area contributed by atoms with Crippen molar-refractivity contribution in [2.45, 2.75) is 19.9 Å². The van der Waals surface area contributed by atoms with E-state index in [0.29, 0.717) is 11.7 Å². The van der Waals surface area contributed by atoms with Crippen LogP contribution in [0.4, 0.5) is 0 Å². The average Bonchev–Trinajstić information content (AvgIpc) is 2.16. The van der Waals surface area contributed by atoms with Gasteiger partial charge >= 0.3 is 0 Å². The fourth-order valence-electron chi connectivity index (χ4n) is 1.19. The second-order valence-corrected chi connectivity index (χ2v) is 3.59. The van der Waals surface area contributed by atoms with Crippen LogP contribution in [0.5, 0.6) is 5.75 Å². The molecule has 0 saturated heterocycles. The first-order valence-corrected chi connectivity index (χ1v) is 4.58. The van der Waals surface area contributed by atoms with Crippen LogP contribution in [0.2, 0.25) is 0 Å². The molecule has 1 rings (SSSR count). The van der Waals surface area contributed by atoms with Crippen molar-refractivity contribution in [1.82, 2.24) is 4.98 Å². The molecular formula is C10H16N2O2. The summed E-state index contributed by atoms with van der Waals surface area (Å²) in [7, 11) is 1.46. The van der Waals surface area contributed by atoms with Gasteiger partial charge in [0, 0.05) is 24.0 Å². The number of nitrogens with two attached hydrogens (primary N) is 1. The second-order valence-electron chi connectivity index (χ2n) is 3.59. The molecule has 14 heavy (non-hydrogen) atoms. The number of hydrogen-bond acceptors (Lipinski definition) is 3. The molecule has 0 saturated carbocycles. The zero-order valence-electron chi connectivity index (χ0n) is 8.70. The number of pyridine rings is 1. The van der Waals surface area contributed by atoms with E-state index in [0.717, 1.165) is 5.69 Å². The van der Waals surface area contributed by atoms with Crippen LogP contribution in [0.3, 0.4) is 0 Å². The summed E-state index contributed by atoms with van der Waals surface area (Å²) in [5, 5.41) is 0. The van der Waals surface area contributed by atoms with Crippen molar-refractivity contribution in [2.24, 2.45) is 11.7 Å². The lowest BCUT2D eigenvalue weighted by atomic mass is 10.0. The molecule has 4 heteroatoms. The number of nitrogens with one attached hydrogen (secondary N) is 1. The Balaban J connectivity index is 3.03. The smallest absolute Gasteiger partial charge is 0.223 e. The summed E-state index contributed by atoms with van der Waals surface area (Å²) >= 11 is 0. The van der Waals surface area contributed by atoms with Gasteiger partial charge in [0.15, 0.2) is 5.75 Å². The van der Waals surface area contributed by atoms with Gasteiger partial charge in [-0.1, -0.05) is 13.8 Å². The molecule has 0 bridgehead atoms. The van der Waals surface area contributed by atoms with Crippen LogP contribution in [-0.2, 0) is 0 Å². The van der Waals surface area contributed by atoms with Crippen molar-refractivity contribution in [3.63, 3.8) is 0 Å². The van der Waals surface area contributed by atoms with Crippen molar-refractivity contribution in [3.05, 3.63) is 28.2 Å². The largest absolute Gasteiger partial charge is 0.491 e. The predicted octanol–water partition coefficient (Wildman–Crippen LogP) is 1.04. The second kappa shape index (κ2) is 4.28. The van der Waals surface area contributed by atoms with Gasteiger partial charge in [-0.05, 0) is 5.92 Å². The first kappa shape index (κ1) is 10.8. The van der Waals surface area contributed by atoms with E-state index in [1.807, 2.05) is 13.8 Å². The maximum atomic E-state index is 11.4. The summed E-state index contributed by atoms with van der Waals surface area (Å²) in [5.74, 6) is 0.601. The SMILES string of the molecule is COc1c[nH]c([C@H](N)C(C)C)cc1=O. The third kappa shape index (κ3) is 2.14. The summed E-state index contributed by atoms with van der Waals surface area (Å²) in [5.41, 5.74) is 6.49. The van der Waals surface area contributed by atoms with Gasteiger partial charge in [0.1, 0.15) is 0 Å². The van der Waals surface area contributed by atoms with Gasteiger partial charge in [0.25, 0.3) is 0 Å². The topological polar surface area (TPSA) is 68.1 Å². The highest BCUT2D eigenvalue weighted by Crippen LogP contribution is 2.15. The Morgan fingerprint density at radius 2 is 2.14 bits per heavy atom. The molecule has 4 nitrogen and oxygen atoms in total. The van der Waals surface area contributed by atoms with Crippen LogP contribution in [0, 0.1) is 5.92 Å². The number of hydrogen-bond donors (Lipinski definition) is 2. The lowest BCUT2D eigenvalue weighted by Crippen LogP contribution is -2.20. The van der Waals surface area contributed by atoms with Gasteiger partial charge in [-0.15, -0.1) is 0 Å². The van der Waals surface area contributed by atoms with E-state index in [4.69, 9.17) is 10.5 Å². The Hall–Kier alpha value is -1.29. The van der Waals surface area contributed by atoms with Crippen molar-refractivity contribution in [2.75, 3.05) is 7.11 Å². The van der Waals surface area contributed by atoms with Gasteiger partial charge in [0.05, 0.1) is 7.11 Å². The van der Waals surface area contributed by atoms with E-state index in [9.17, 15) is 4.79 Å². The normalized spacial score (nSPS) is 12.9. The molecule has 1 heterocycles. The van der Waals surface area contributed by atoms with Crippen molar-refractivity contribution >= 4 is 0 Å². The molecule has 3 N–H and O–H groups in total. The standard InChI is InChI=1S/C10H16N2O2/c1-6(2)10(11)7-4-8(13)9(14-3)5-12-7/h4-6,10H,11H2,1-3H3,(H,12,13)/t10-/m1/s1. The van der Waals surface area contributed by atoms with Gasteiger partial charge in [-0.3, -0.25) is 4.79 Å². The van der Waals surface area contributed by atoms with E-state index >= 15 is 0 Å². The van der Waals surface area contributed by atoms with Crippen LogP contribution >= 0.6 is 0 Å². The highest BCUT2D eigenvalue weighted by atomic mass is 16.5. The lowest BCUT2D eigenvalue weighted by molar-refractivity contribution is 0.407. The van der Waals surface area contributed by atoms with Crippen molar-refractivity contribution < 1.29 is 4.74 Å². The molecule has 0 aliphatic rings. The van der Waals surface area contributed by atoms with Gasteiger partial charge in [-0.2, -0.15) is 0 Å². The van der Waals surface area contributed by atoms with Crippen molar-refractivity contribution in [1.29, 1.82) is 0 Å². The third-order valence-corrected chi connectivity index (χ3v) is 2.20. The van der Waals surface area contributed by atoms with E-state index < -0.39 is 0 Å². The summed E-state index contributed by atoms with van der Waals surface area (Å²) in [6.07, 6.45) is 1.54. The zero-order valence-corrected chi connectivity index (χ0v) is 8.70. The molecular weight excluding hydrogens is 180 g/mol. The minimum Gasteiger partial charge on any atom is -0.491 e. The number of aromatic nitrogens is 1. The summed E-state index contributed by atoms with van der Waals surface area (Å²) < 4.78 is 4.86. The molecule has 0 spiro atoms. The molecule has 0 radical (unpaired) electrons. The molecule has 78 valence electrons. The molecule has 1 aromatic rings. The zero-order chi connectivity index (χ0) is 10.7. The number of H-pyrrole nitrogens is 1.